The topological polar surface area (TPSA) is 72.7 Å². The van der Waals surface area contributed by atoms with E-state index in [1.165, 1.54) is 0 Å². The van der Waals surface area contributed by atoms with E-state index in [-0.39, 0.29) is 13.2 Å². The predicted molar refractivity (Wildman–Crippen MR) is 32.1 cm³/mol. The molecule has 0 atom stereocenters. The third kappa shape index (κ3) is 1.91. The van der Waals surface area contributed by atoms with Crippen molar-refractivity contribution >= 4 is 0 Å². The summed E-state index contributed by atoms with van der Waals surface area (Å²) in [5.74, 6) is 0. The molecule has 0 aliphatic heterocycles. The van der Waals surface area contributed by atoms with Gasteiger partial charge in [-0.3, -0.25) is 0 Å². The number of hydrogen-bond acceptors (Lipinski definition) is 4. The van der Waals surface area contributed by atoms with E-state index >= 15 is 0 Å². The maximum absolute atomic E-state index is 8.59. The lowest BCUT2D eigenvalue weighted by molar-refractivity contribution is -0.0138. The fraction of sp³-hybridized carbons (Fsp3) is 1.00. The monoisotopic (exact) mass is 135 g/mol. The highest BCUT2D eigenvalue weighted by Crippen LogP contribution is 2.05. The maximum atomic E-state index is 8.59. The molecule has 0 aliphatic rings. The van der Waals surface area contributed by atoms with Crippen LogP contribution in [-0.4, -0.2) is 34.2 Å². The molecule has 4 heteroatoms. The minimum absolute atomic E-state index is 0.267. The molecule has 0 saturated carbocycles. The summed E-state index contributed by atoms with van der Waals surface area (Å²) in [5.41, 5.74) is 0.948. The molecule has 0 aliphatic carbocycles. The third-order valence-corrected chi connectivity index (χ3v) is 1.52. The first-order valence-electron chi connectivity index (χ1n) is 2.87. The van der Waals surface area contributed by atoms with Gasteiger partial charge in [0, 0.05) is 0 Å². The van der Waals surface area contributed by atoms with Crippen molar-refractivity contribution in [2.45, 2.75) is 18.9 Å². The smallest absolute Gasteiger partial charge is 0.0886 e. The fourth-order valence-electron chi connectivity index (χ4n) is 0.423. The zero-order valence-corrected chi connectivity index (χ0v) is 5.46. The SMILES string of the molecule is CCC(CO)(CO)NO. The third-order valence-electron chi connectivity index (χ3n) is 1.52. The van der Waals surface area contributed by atoms with Crippen LogP contribution >= 0.6 is 0 Å². The summed E-state index contributed by atoms with van der Waals surface area (Å²) in [6.45, 7) is 1.22. The van der Waals surface area contributed by atoms with Gasteiger partial charge < -0.3 is 15.4 Å². The summed E-state index contributed by atoms with van der Waals surface area (Å²) in [4.78, 5) is 0. The van der Waals surface area contributed by atoms with Crippen molar-refractivity contribution < 1.29 is 15.4 Å². The van der Waals surface area contributed by atoms with E-state index in [0.717, 1.165) is 0 Å². The van der Waals surface area contributed by atoms with Gasteiger partial charge in [0.25, 0.3) is 0 Å². The van der Waals surface area contributed by atoms with E-state index in [0.29, 0.717) is 6.42 Å². The summed E-state index contributed by atoms with van der Waals surface area (Å²) < 4.78 is 0. The largest absolute Gasteiger partial charge is 0.394 e. The lowest BCUT2D eigenvalue weighted by atomic mass is 10.0. The van der Waals surface area contributed by atoms with Gasteiger partial charge in [-0.15, -0.1) is 0 Å². The Hall–Kier alpha value is -0.160. The molecule has 0 rings (SSSR count). The van der Waals surface area contributed by atoms with Crippen molar-refractivity contribution in [2.24, 2.45) is 0 Å². The second-order valence-corrected chi connectivity index (χ2v) is 2.06. The molecular weight excluding hydrogens is 122 g/mol. The van der Waals surface area contributed by atoms with Crippen LogP contribution < -0.4 is 5.48 Å². The van der Waals surface area contributed by atoms with E-state index in [1.807, 2.05) is 5.48 Å². The molecule has 56 valence electrons. The molecule has 0 saturated heterocycles. The van der Waals surface area contributed by atoms with E-state index in [1.54, 1.807) is 6.92 Å². The van der Waals surface area contributed by atoms with Crippen molar-refractivity contribution in [2.75, 3.05) is 13.2 Å². The molecule has 0 aromatic carbocycles. The van der Waals surface area contributed by atoms with Crippen LogP contribution in [0.25, 0.3) is 0 Å². The average Bonchev–Trinajstić information content (AvgIpc) is 1.95. The summed E-state index contributed by atoms with van der Waals surface area (Å²) in [6.07, 6.45) is 0.483. The van der Waals surface area contributed by atoms with Crippen LogP contribution in [0.3, 0.4) is 0 Å². The van der Waals surface area contributed by atoms with E-state index in [2.05, 4.69) is 0 Å². The van der Waals surface area contributed by atoms with Gasteiger partial charge in [0.1, 0.15) is 0 Å². The zero-order valence-electron chi connectivity index (χ0n) is 5.46. The Morgan fingerprint density at radius 2 is 1.78 bits per heavy atom. The van der Waals surface area contributed by atoms with Crippen LogP contribution in [0.2, 0.25) is 0 Å². The molecule has 4 N–H and O–H groups in total. The Kier molecular flexibility index (Phi) is 3.72. The molecule has 0 aromatic rings. The van der Waals surface area contributed by atoms with Gasteiger partial charge in [-0.1, -0.05) is 6.92 Å². The molecule has 0 fully saturated rings. The van der Waals surface area contributed by atoms with Gasteiger partial charge in [0.05, 0.1) is 18.8 Å². The first kappa shape index (κ1) is 8.84. The molecular formula is C5H13NO3. The van der Waals surface area contributed by atoms with Crippen LogP contribution in [0.1, 0.15) is 13.3 Å². The highest BCUT2D eigenvalue weighted by Gasteiger charge is 2.24. The highest BCUT2D eigenvalue weighted by atomic mass is 16.5. The number of aliphatic hydroxyl groups is 2. The van der Waals surface area contributed by atoms with Crippen molar-refractivity contribution in [3.05, 3.63) is 0 Å². The van der Waals surface area contributed by atoms with Crippen molar-refractivity contribution in [1.29, 1.82) is 0 Å². The van der Waals surface area contributed by atoms with Gasteiger partial charge in [0.2, 0.25) is 0 Å². The van der Waals surface area contributed by atoms with Gasteiger partial charge in [-0.05, 0) is 6.42 Å². The summed E-state index contributed by atoms with van der Waals surface area (Å²) in [6, 6.07) is 0. The molecule has 9 heavy (non-hydrogen) atoms. The standard InChI is InChI=1S/C5H13NO3/c1-2-5(3-7,4-8)6-9/h6-9H,2-4H2,1H3. The molecule has 0 bridgehead atoms. The van der Waals surface area contributed by atoms with Gasteiger partial charge in [-0.25, -0.2) is 0 Å². The Balaban J connectivity index is 3.82. The molecule has 0 heterocycles. The van der Waals surface area contributed by atoms with Crippen molar-refractivity contribution in [3.8, 4) is 0 Å². The van der Waals surface area contributed by atoms with Gasteiger partial charge in [0.15, 0.2) is 0 Å². The van der Waals surface area contributed by atoms with E-state index in [9.17, 15) is 0 Å². The van der Waals surface area contributed by atoms with Crippen molar-refractivity contribution in [3.63, 3.8) is 0 Å². The van der Waals surface area contributed by atoms with Crippen LogP contribution in [-0.2, 0) is 0 Å². The normalized spacial score (nSPS) is 12.0. The minimum Gasteiger partial charge on any atom is -0.394 e. The molecule has 0 amide bonds. The first-order valence-corrected chi connectivity index (χ1v) is 2.87. The van der Waals surface area contributed by atoms with Crippen LogP contribution in [0.5, 0.6) is 0 Å². The maximum Gasteiger partial charge on any atom is 0.0886 e. The lowest BCUT2D eigenvalue weighted by Crippen LogP contribution is -2.49. The number of nitrogens with one attached hydrogen (secondary N) is 1. The summed E-state index contributed by atoms with van der Waals surface area (Å²) >= 11 is 0. The summed E-state index contributed by atoms with van der Waals surface area (Å²) in [7, 11) is 0. The van der Waals surface area contributed by atoms with Crippen LogP contribution in [0.15, 0.2) is 0 Å². The average molecular weight is 135 g/mol. The highest BCUT2D eigenvalue weighted by molar-refractivity contribution is 4.80. The van der Waals surface area contributed by atoms with Gasteiger partial charge >= 0.3 is 0 Å². The Bertz CT molecular complexity index is 55.1. The molecule has 0 spiro atoms. The van der Waals surface area contributed by atoms with Crippen LogP contribution in [0, 0.1) is 0 Å². The van der Waals surface area contributed by atoms with Crippen molar-refractivity contribution in [1.82, 2.24) is 5.48 Å². The fourth-order valence-corrected chi connectivity index (χ4v) is 0.423. The minimum atomic E-state index is -0.917. The Labute approximate surface area is 54.1 Å². The van der Waals surface area contributed by atoms with Crippen LogP contribution in [0.4, 0.5) is 0 Å². The van der Waals surface area contributed by atoms with E-state index in [4.69, 9.17) is 15.4 Å². The van der Waals surface area contributed by atoms with E-state index < -0.39 is 5.54 Å². The predicted octanol–water partition coefficient (Wildman–Crippen LogP) is -0.901. The lowest BCUT2D eigenvalue weighted by Gasteiger charge is -2.25. The Morgan fingerprint density at radius 1 is 1.33 bits per heavy atom. The molecule has 0 aromatic heterocycles. The number of hydrogen-bond donors (Lipinski definition) is 4. The quantitative estimate of drug-likeness (QED) is 0.377. The molecule has 0 radical (unpaired) electrons. The second kappa shape index (κ2) is 3.79. The number of hydroxylamine groups is 1. The first-order chi connectivity index (χ1) is 4.24. The summed E-state index contributed by atoms with van der Waals surface area (Å²) in [5, 5.41) is 25.6. The molecule has 0 unspecified atom stereocenters. The Morgan fingerprint density at radius 3 is 1.78 bits per heavy atom. The van der Waals surface area contributed by atoms with Gasteiger partial charge in [-0.2, -0.15) is 5.48 Å². The zero-order chi connectivity index (χ0) is 7.33. The second-order valence-electron chi connectivity index (χ2n) is 2.06. The number of rotatable bonds is 4. The molecule has 4 nitrogen and oxygen atoms in total. The number of aliphatic hydroxyl groups excluding tert-OH is 2.